The van der Waals surface area contributed by atoms with Crippen LogP contribution in [0.25, 0.3) is 0 Å². The first-order chi connectivity index (χ1) is 6.93. The standard InChI is InChI=1S/C14H24S/c1-13(2)9-15-10-14(3,4)12-8-6-5-7-11(12)13/h5-10H2,1-4H3. The van der Waals surface area contributed by atoms with Gasteiger partial charge in [-0.05, 0) is 36.5 Å². The van der Waals surface area contributed by atoms with Crippen LogP contribution in [-0.2, 0) is 0 Å². The van der Waals surface area contributed by atoms with Gasteiger partial charge in [0.25, 0.3) is 0 Å². The van der Waals surface area contributed by atoms with Gasteiger partial charge in [-0.15, -0.1) is 0 Å². The van der Waals surface area contributed by atoms with E-state index in [1.54, 1.807) is 0 Å². The molecule has 1 heteroatoms. The summed E-state index contributed by atoms with van der Waals surface area (Å²) in [4.78, 5) is 0. The Bertz CT molecular complexity index is 256. The maximum Gasteiger partial charge on any atom is 0.00217 e. The fourth-order valence-corrected chi connectivity index (χ4v) is 4.61. The van der Waals surface area contributed by atoms with Crippen molar-refractivity contribution in [2.24, 2.45) is 10.8 Å². The largest absolute Gasteiger partial charge is 0.160 e. The van der Waals surface area contributed by atoms with Gasteiger partial charge in [0.1, 0.15) is 0 Å². The second-order valence-corrected chi connectivity index (χ2v) is 7.41. The van der Waals surface area contributed by atoms with Gasteiger partial charge in [0, 0.05) is 11.5 Å². The second-order valence-electron chi connectivity index (χ2n) is 6.42. The van der Waals surface area contributed by atoms with Crippen LogP contribution in [0.5, 0.6) is 0 Å². The molecule has 0 aromatic heterocycles. The number of rotatable bonds is 0. The molecule has 0 spiro atoms. The summed E-state index contributed by atoms with van der Waals surface area (Å²) in [6.45, 7) is 9.79. The lowest BCUT2D eigenvalue weighted by Crippen LogP contribution is -2.24. The quantitative estimate of drug-likeness (QED) is 0.539. The van der Waals surface area contributed by atoms with E-state index in [-0.39, 0.29) is 0 Å². The molecule has 0 aromatic carbocycles. The lowest BCUT2D eigenvalue weighted by molar-refractivity contribution is 0.409. The molecule has 0 bridgehead atoms. The van der Waals surface area contributed by atoms with Gasteiger partial charge in [-0.2, -0.15) is 11.8 Å². The Morgan fingerprint density at radius 2 is 1.20 bits per heavy atom. The molecule has 0 saturated heterocycles. The molecular formula is C14H24S. The topological polar surface area (TPSA) is 0 Å². The van der Waals surface area contributed by atoms with Crippen LogP contribution in [-0.4, -0.2) is 11.5 Å². The van der Waals surface area contributed by atoms with Gasteiger partial charge in [-0.1, -0.05) is 38.8 Å². The van der Waals surface area contributed by atoms with Crippen molar-refractivity contribution < 1.29 is 0 Å². The van der Waals surface area contributed by atoms with Crippen LogP contribution in [0.4, 0.5) is 0 Å². The van der Waals surface area contributed by atoms with Crippen molar-refractivity contribution in [1.82, 2.24) is 0 Å². The van der Waals surface area contributed by atoms with Gasteiger partial charge in [-0.25, -0.2) is 0 Å². The van der Waals surface area contributed by atoms with E-state index in [9.17, 15) is 0 Å². The highest BCUT2D eigenvalue weighted by Gasteiger charge is 2.37. The zero-order chi connectivity index (χ0) is 11.1. The predicted octanol–water partition coefficient (Wildman–Crippen LogP) is 4.66. The van der Waals surface area contributed by atoms with Crippen molar-refractivity contribution in [2.75, 3.05) is 11.5 Å². The third kappa shape index (κ3) is 2.13. The third-order valence-corrected chi connectivity index (χ3v) is 5.88. The van der Waals surface area contributed by atoms with Gasteiger partial charge < -0.3 is 0 Å². The highest BCUT2D eigenvalue weighted by molar-refractivity contribution is 7.99. The normalized spacial score (nSPS) is 29.6. The van der Waals surface area contributed by atoms with Crippen LogP contribution >= 0.6 is 11.8 Å². The van der Waals surface area contributed by atoms with Crippen molar-refractivity contribution in [2.45, 2.75) is 53.4 Å². The molecule has 1 heterocycles. The second kappa shape index (κ2) is 3.84. The third-order valence-electron chi connectivity index (χ3n) is 4.03. The van der Waals surface area contributed by atoms with Crippen molar-refractivity contribution >= 4 is 11.8 Å². The Labute approximate surface area is 98.9 Å². The van der Waals surface area contributed by atoms with E-state index in [1.165, 1.54) is 37.2 Å². The van der Waals surface area contributed by atoms with Gasteiger partial charge in [0.2, 0.25) is 0 Å². The van der Waals surface area contributed by atoms with Crippen molar-refractivity contribution in [3.8, 4) is 0 Å². The number of hydrogen-bond acceptors (Lipinski definition) is 1. The van der Waals surface area contributed by atoms with E-state index in [4.69, 9.17) is 0 Å². The summed E-state index contributed by atoms with van der Waals surface area (Å²) >= 11 is 2.15. The van der Waals surface area contributed by atoms with E-state index in [0.29, 0.717) is 10.8 Å². The summed E-state index contributed by atoms with van der Waals surface area (Å²) in [5.74, 6) is 2.63. The van der Waals surface area contributed by atoms with Crippen molar-refractivity contribution in [3.05, 3.63) is 11.1 Å². The lowest BCUT2D eigenvalue weighted by atomic mass is 9.69. The summed E-state index contributed by atoms with van der Waals surface area (Å²) in [7, 11) is 0. The number of allylic oxidation sites excluding steroid dienone is 2. The average molecular weight is 224 g/mol. The summed E-state index contributed by atoms with van der Waals surface area (Å²) < 4.78 is 0. The van der Waals surface area contributed by atoms with Crippen LogP contribution in [0.15, 0.2) is 11.1 Å². The van der Waals surface area contributed by atoms with Gasteiger partial charge in [-0.3, -0.25) is 0 Å². The van der Waals surface area contributed by atoms with Crippen molar-refractivity contribution in [1.29, 1.82) is 0 Å². The van der Waals surface area contributed by atoms with E-state index >= 15 is 0 Å². The number of thioether (sulfide) groups is 1. The molecule has 2 aliphatic rings. The molecule has 1 aliphatic heterocycles. The molecule has 0 atom stereocenters. The molecule has 0 fully saturated rings. The molecule has 0 unspecified atom stereocenters. The van der Waals surface area contributed by atoms with E-state index in [2.05, 4.69) is 39.5 Å². The highest BCUT2D eigenvalue weighted by Crippen LogP contribution is 2.49. The maximum absolute atomic E-state index is 2.45. The SMILES string of the molecule is CC1(C)CSCC(C)(C)C2=C1CCCC2. The van der Waals surface area contributed by atoms with Gasteiger partial charge in [0.05, 0.1) is 0 Å². The average Bonchev–Trinajstić information content (AvgIpc) is 2.24. The van der Waals surface area contributed by atoms with Crippen LogP contribution in [0.1, 0.15) is 53.4 Å². The fraction of sp³-hybridized carbons (Fsp3) is 0.857. The zero-order valence-electron chi connectivity index (χ0n) is 10.7. The molecule has 0 nitrogen and oxygen atoms in total. The Morgan fingerprint density at radius 3 is 1.60 bits per heavy atom. The maximum atomic E-state index is 2.45. The summed E-state index contributed by atoms with van der Waals surface area (Å²) in [6, 6.07) is 0. The van der Waals surface area contributed by atoms with E-state index in [1.807, 2.05) is 11.1 Å². The van der Waals surface area contributed by atoms with Crippen LogP contribution in [0, 0.1) is 10.8 Å². The number of hydrogen-bond donors (Lipinski definition) is 0. The first-order valence-corrected chi connectivity index (χ1v) is 7.40. The molecule has 2 rings (SSSR count). The molecule has 15 heavy (non-hydrogen) atoms. The minimum absolute atomic E-state index is 0.453. The fourth-order valence-electron chi connectivity index (χ4n) is 3.13. The first-order valence-electron chi connectivity index (χ1n) is 6.24. The predicted molar refractivity (Wildman–Crippen MR) is 70.4 cm³/mol. The Balaban J connectivity index is 2.45. The molecule has 1 aliphatic carbocycles. The van der Waals surface area contributed by atoms with Crippen molar-refractivity contribution in [3.63, 3.8) is 0 Å². The molecule has 0 radical (unpaired) electrons. The van der Waals surface area contributed by atoms with Crippen LogP contribution < -0.4 is 0 Å². The molecule has 86 valence electrons. The van der Waals surface area contributed by atoms with Gasteiger partial charge in [0.15, 0.2) is 0 Å². The molecule has 0 amide bonds. The van der Waals surface area contributed by atoms with Crippen LogP contribution in [0.2, 0.25) is 0 Å². The Kier molecular flexibility index (Phi) is 2.96. The van der Waals surface area contributed by atoms with E-state index in [0.717, 1.165) is 0 Å². The minimum Gasteiger partial charge on any atom is -0.160 e. The summed E-state index contributed by atoms with van der Waals surface area (Å²) in [5.41, 5.74) is 4.52. The minimum atomic E-state index is 0.453. The molecule has 0 N–H and O–H groups in total. The van der Waals surface area contributed by atoms with Crippen LogP contribution in [0.3, 0.4) is 0 Å². The lowest BCUT2D eigenvalue weighted by Gasteiger charge is -2.36. The smallest absolute Gasteiger partial charge is 0.00217 e. The summed E-state index contributed by atoms with van der Waals surface area (Å²) in [5, 5.41) is 0. The zero-order valence-corrected chi connectivity index (χ0v) is 11.5. The highest BCUT2D eigenvalue weighted by atomic mass is 32.2. The molecule has 0 saturated carbocycles. The Morgan fingerprint density at radius 1 is 0.800 bits per heavy atom. The first kappa shape index (κ1) is 11.6. The Hall–Kier alpha value is 0.0900. The van der Waals surface area contributed by atoms with Gasteiger partial charge >= 0.3 is 0 Å². The summed E-state index contributed by atoms with van der Waals surface area (Å²) in [6.07, 6.45) is 5.57. The van der Waals surface area contributed by atoms with E-state index < -0.39 is 0 Å². The molecular weight excluding hydrogens is 200 g/mol. The molecule has 0 aromatic rings. The monoisotopic (exact) mass is 224 g/mol.